The highest BCUT2D eigenvalue weighted by atomic mass is 32.2. The molecule has 1 aromatic rings. The van der Waals surface area contributed by atoms with Crippen LogP contribution >= 0.6 is 11.8 Å². The average Bonchev–Trinajstić information content (AvgIpc) is 2.67. The van der Waals surface area contributed by atoms with Crippen LogP contribution < -0.4 is 5.73 Å². The van der Waals surface area contributed by atoms with Gasteiger partial charge in [-0.2, -0.15) is 0 Å². The molecule has 1 aromatic heterocycles. The highest BCUT2D eigenvalue weighted by Gasteiger charge is 2.15. The molecule has 1 aliphatic rings. The van der Waals surface area contributed by atoms with Crippen molar-refractivity contribution in [3.8, 4) is 0 Å². The molecule has 2 heterocycles. The Hall–Kier alpha value is -0.810. The first-order valence-corrected chi connectivity index (χ1v) is 5.65. The third kappa shape index (κ3) is 2.59. The quantitative estimate of drug-likeness (QED) is 0.603. The van der Waals surface area contributed by atoms with E-state index in [4.69, 9.17) is 10.5 Å². The van der Waals surface area contributed by atoms with Gasteiger partial charge in [-0.15, -0.1) is 11.8 Å². The summed E-state index contributed by atoms with van der Waals surface area (Å²) in [6, 6.07) is 1.79. The summed E-state index contributed by atoms with van der Waals surface area (Å²) in [4.78, 5) is 7.96. The van der Waals surface area contributed by atoms with Crippen molar-refractivity contribution in [2.75, 3.05) is 18.1 Å². The van der Waals surface area contributed by atoms with E-state index >= 15 is 0 Å². The van der Waals surface area contributed by atoms with Crippen molar-refractivity contribution >= 4 is 17.6 Å². The van der Waals surface area contributed by atoms with Crippen molar-refractivity contribution in [2.24, 2.45) is 0 Å². The Kier molecular flexibility index (Phi) is 3.21. The van der Waals surface area contributed by atoms with Crippen LogP contribution in [0.15, 0.2) is 17.4 Å². The number of nitrogen functional groups attached to an aromatic ring is 1. The zero-order valence-corrected chi connectivity index (χ0v) is 8.67. The molecule has 1 saturated heterocycles. The van der Waals surface area contributed by atoms with E-state index in [0.717, 1.165) is 23.8 Å². The predicted molar refractivity (Wildman–Crippen MR) is 56.1 cm³/mol. The first-order chi connectivity index (χ1) is 6.84. The number of thioether (sulfide) groups is 1. The summed E-state index contributed by atoms with van der Waals surface area (Å²) in [5, 5.41) is 0.924. The van der Waals surface area contributed by atoms with Crippen molar-refractivity contribution in [3.05, 3.63) is 12.4 Å². The predicted octanol–water partition coefficient (Wildman–Crippen LogP) is 1.33. The molecule has 76 valence electrons. The van der Waals surface area contributed by atoms with Crippen LogP contribution in [0.1, 0.15) is 12.8 Å². The molecule has 2 N–H and O–H groups in total. The second-order valence-electron chi connectivity index (χ2n) is 3.23. The highest BCUT2D eigenvalue weighted by molar-refractivity contribution is 7.99. The molecule has 5 heteroatoms. The summed E-state index contributed by atoms with van der Waals surface area (Å²) in [5.41, 5.74) is 5.55. The number of hydrogen-bond donors (Lipinski definition) is 1. The molecule has 0 amide bonds. The van der Waals surface area contributed by atoms with Crippen molar-refractivity contribution in [1.29, 1.82) is 0 Å². The summed E-state index contributed by atoms with van der Waals surface area (Å²) >= 11 is 1.68. The molecule has 1 aliphatic heterocycles. The Morgan fingerprint density at radius 2 is 2.50 bits per heavy atom. The van der Waals surface area contributed by atoms with E-state index in [2.05, 4.69) is 9.97 Å². The maximum Gasteiger partial charge on any atom is 0.127 e. The molecule has 4 nitrogen and oxygen atoms in total. The second kappa shape index (κ2) is 4.61. The standard InChI is InChI=1S/C9H13N3OS/c10-8-4-9(12-6-11-8)14-5-7-2-1-3-13-7/h4,6-7H,1-3,5H2,(H2,10,11,12). The fraction of sp³-hybridized carbons (Fsp3) is 0.556. The minimum Gasteiger partial charge on any atom is -0.384 e. The monoisotopic (exact) mass is 211 g/mol. The Morgan fingerprint density at radius 3 is 3.21 bits per heavy atom. The van der Waals surface area contributed by atoms with E-state index in [-0.39, 0.29) is 0 Å². The molecule has 1 fully saturated rings. The lowest BCUT2D eigenvalue weighted by Crippen LogP contribution is -2.08. The van der Waals surface area contributed by atoms with Crippen molar-refractivity contribution in [1.82, 2.24) is 9.97 Å². The maximum atomic E-state index is 5.55. The van der Waals surface area contributed by atoms with Gasteiger partial charge in [-0.25, -0.2) is 9.97 Å². The zero-order valence-electron chi connectivity index (χ0n) is 7.85. The van der Waals surface area contributed by atoms with Crippen LogP contribution in [0.5, 0.6) is 0 Å². The van der Waals surface area contributed by atoms with Crippen molar-refractivity contribution in [2.45, 2.75) is 24.0 Å². The van der Waals surface area contributed by atoms with E-state index in [0.29, 0.717) is 11.9 Å². The summed E-state index contributed by atoms with van der Waals surface area (Å²) in [6.07, 6.45) is 4.22. The Balaban J connectivity index is 1.85. The molecular weight excluding hydrogens is 198 g/mol. The topological polar surface area (TPSA) is 61.0 Å². The van der Waals surface area contributed by atoms with Gasteiger partial charge < -0.3 is 10.5 Å². The summed E-state index contributed by atoms with van der Waals surface area (Å²) in [7, 11) is 0. The number of nitrogens with two attached hydrogens (primary N) is 1. The molecular formula is C9H13N3OS. The first kappa shape index (κ1) is 9.73. The fourth-order valence-electron chi connectivity index (χ4n) is 1.39. The van der Waals surface area contributed by atoms with Gasteiger partial charge in [0.15, 0.2) is 0 Å². The SMILES string of the molecule is Nc1cc(SCC2CCCO2)ncn1. The van der Waals surface area contributed by atoms with Crippen LogP contribution in [0.4, 0.5) is 5.82 Å². The Bertz CT molecular complexity index is 302. The number of aromatic nitrogens is 2. The molecule has 0 radical (unpaired) electrons. The maximum absolute atomic E-state index is 5.55. The van der Waals surface area contributed by atoms with Crippen LogP contribution in [0.3, 0.4) is 0 Å². The minimum atomic E-state index is 0.385. The van der Waals surface area contributed by atoms with Crippen LogP contribution in [0.25, 0.3) is 0 Å². The molecule has 1 unspecified atom stereocenters. The number of nitrogens with zero attached hydrogens (tertiary/aromatic N) is 2. The Morgan fingerprint density at radius 1 is 1.57 bits per heavy atom. The lowest BCUT2D eigenvalue weighted by molar-refractivity contribution is 0.129. The number of ether oxygens (including phenoxy) is 1. The van der Waals surface area contributed by atoms with Gasteiger partial charge in [-0.3, -0.25) is 0 Å². The fourth-order valence-corrected chi connectivity index (χ4v) is 2.33. The number of rotatable bonds is 3. The van der Waals surface area contributed by atoms with Crippen LogP contribution in [-0.2, 0) is 4.74 Å². The van der Waals surface area contributed by atoms with Gasteiger partial charge in [0.05, 0.1) is 6.10 Å². The minimum absolute atomic E-state index is 0.385. The van der Waals surface area contributed by atoms with E-state index in [1.165, 1.54) is 12.7 Å². The largest absolute Gasteiger partial charge is 0.384 e. The molecule has 0 aromatic carbocycles. The van der Waals surface area contributed by atoms with Gasteiger partial charge in [0.1, 0.15) is 17.2 Å². The smallest absolute Gasteiger partial charge is 0.127 e. The molecule has 0 saturated carbocycles. The Labute approximate surface area is 87.3 Å². The van der Waals surface area contributed by atoms with Crippen LogP contribution in [0, 0.1) is 0 Å². The lowest BCUT2D eigenvalue weighted by Gasteiger charge is -2.07. The van der Waals surface area contributed by atoms with Gasteiger partial charge >= 0.3 is 0 Å². The van der Waals surface area contributed by atoms with Gasteiger partial charge in [0.2, 0.25) is 0 Å². The average molecular weight is 211 g/mol. The van der Waals surface area contributed by atoms with Crippen molar-refractivity contribution in [3.63, 3.8) is 0 Å². The van der Waals surface area contributed by atoms with Gasteiger partial charge in [0.25, 0.3) is 0 Å². The van der Waals surface area contributed by atoms with E-state index in [1.807, 2.05) is 0 Å². The summed E-state index contributed by atoms with van der Waals surface area (Å²) in [6.45, 7) is 0.900. The highest BCUT2D eigenvalue weighted by Crippen LogP contribution is 2.22. The van der Waals surface area contributed by atoms with Gasteiger partial charge in [0, 0.05) is 18.4 Å². The van der Waals surface area contributed by atoms with Gasteiger partial charge in [-0.05, 0) is 12.8 Å². The van der Waals surface area contributed by atoms with Crippen LogP contribution in [0.2, 0.25) is 0 Å². The second-order valence-corrected chi connectivity index (χ2v) is 4.27. The molecule has 2 rings (SSSR count). The molecule has 0 spiro atoms. The van der Waals surface area contributed by atoms with E-state index < -0.39 is 0 Å². The molecule has 0 aliphatic carbocycles. The van der Waals surface area contributed by atoms with Crippen LogP contribution in [-0.4, -0.2) is 28.4 Å². The molecule has 0 bridgehead atoms. The summed E-state index contributed by atoms with van der Waals surface area (Å²) < 4.78 is 5.51. The first-order valence-electron chi connectivity index (χ1n) is 4.66. The normalized spacial score (nSPS) is 21.3. The number of anilines is 1. The van der Waals surface area contributed by atoms with Crippen molar-refractivity contribution < 1.29 is 4.74 Å². The summed E-state index contributed by atoms with van der Waals surface area (Å²) in [5.74, 6) is 1.48. The van der Waals surface area contributed by atoms with Gasteiger partial charge in [-0.1, -0.05) is 0 Å². The zero-order chi connectivity index (χ0) is 9.80. The lowest BCUT2D eigenvalue weighted by atomic mass is 10.3. The molecule has 14 heavy (non-hydrogen) atoms. The van der Waals surface area contributed by atoms with E-state index in [9.17, 15) is 0 Å². The third-order valence-electron chi connectivity index (χ3n) is 2.10. The third-order valence-corrected chi connectivity index (χ3v) is 3.16. The van der Waals surface area contributed by atoms with E-state index in [1.54, 1.807) is 17.8 Å². The molecule has 1 atom stereocenters. The number of hydrogen-bond acceptors (Lipinski definition) is 5.